The first-order valence-corrected chi connectivity index (χ1v) is 7.70. The fourth-order valence-corrected chi connectivity index (χ4v) is 3.53. The molecule has 1 aromatic rings. The Labute approximate surface area is 125 Å². The van der Waals surface area contributed by atoms with Crippen molar-refractivity contribution < 1.29 is 9.53 Å². The molecule has 3 rings (SSSR count). The molecule has 6 heteroatoms. The van der Waals surface area contributed by atoms with Crippen molar-refractivity contribution in [3.8, 4) is 0 Å². The molecule has 2 saturated heterocycles. The monoisotopic (exact) mass is 292 g/mol. The first-order valence-electron chi connectivity index (χ1n) is 7.70. The van der Waals surface area contributed by atoms with Gasteiger partial charge in [-0.15, -0.1) is 0 Å². The van der Waals surface area contributed by atoms with Gasteiger partial charge in [-0.2, -0.15) is 5.10 Å². The Morgan fingerprint density at radius 3 is 2.76 bits per heavy atom. The zero-order valence-electron chi connectivity index (χ0n) is 12.8. The van der Waals surface area contributed by atoms with Gasteiger partial charge in [-0.05, 0) is 32.4 Å². The first-order chi connectivity index (χ1) is 10.2. The van der Waals surface area contributed by atoms with Crippen LogP contribution in [-0.2, 0) is 9.53 Å². The number of methoxy groups -OCH3 is 1. The zero-order valence-corrected chi connectivity index (χ0v) is 12.8. The summed E-state index contributed by atoms with van der Waals surface area (Å²) in [6.45, 7) is 2.52. The van der Waals surface area contributed by atoms with Crippen molar-refractivity contribution in [3.63, 3.8) is 0 Å². The quantitative estimate of drug-likeness (QED) is 0.896. The van der Waals surface area contributed by atoms with E-state index in [1.54, 1.807) is 13.3 Å². The van der Waals surface area contributed by atoms with E-state index in [-0.39, 0.29) is 18.1 Å². The summed E-state index contributed by atoms with van der Waals surface area (Å²) in [6, 6.07) is 2.02. The molecule has 1 aromatic heterocycles. The van der Waals surface area contributed by atoms with Crippen LogP contribution in [0.3, 0.4) is 0 Å². The van der Waals surface area contributed by atoms with Gasteiger partial charge in [0.25, 0.3) is 0 Å². The Balaban J connectivity index is 1.56. The number of hydrogen-bond acceptors (Lipinski definition) is 4. The molecule has 0 spiro atoms. The van der Waals surface area contributed by atoms with E-state index >= 15 is 0 Å². The molecule has 2 atom stereocenters. The van der Waals surface area contributed by atoms with Gasteiger partial charge in [0.1, 0.15) is 0 Å². The minimum absolute atomic E-state index is 0.0151. The van der Waals surface area contributed by atoms with Crippen molar-refractivity contribution in [1.82, 2.24) is 20.0 Å². The summed E-state index contributed by atoms with van der Waals surface area (Å²) in [5.41, 5.74) is 1.19. The lowest BCUT2D eigenvalue weighted by molar-refractivity contribution is -0.136. The standard InChI is InChI=1S/C15H24N4O2/c1-18-10-12(21-2)9-14(18)15(20)19-7-4-11(5-8-19)13-3-6-16-17-13/h3,6,11-12,14H,4-5,7-10H2,1-2H3,(H,16,17)/t12-,14-/m0/s1. The van der Waals surface area contributed by atoms with Gasteiger partial charge >= 0.3 is 0 Å². The van der Waals surface area contributed by atoms with Gasteiger partial charge < -0.3 is 9.64 Å². The molecule has 116 valence electrons. The molecular weight excluding hydrogens is 268 g/mol. The van der Waals surface area contributed by atoms with Gasteiger partial charge in [-0.3, -0.25) is 14.8 Å². The van der Waals surface area contributed by atoms with Gasteiger partial charge in [0.05, 0.1) is 12.1 Å². The summed E-state index contributed by atoms with van der Waals surface area (Å²) in [4.78, 5) is 16.8. The summed E-state index contributed by atoms with van der Waals surface area (Å²) in [5, 5.41) is 7.06. The molecular formula is C15H24N4O2. The van der Waals surface area contributed by atoms with Crippen molar-refractivity contribution in [2.45, 2.75) is 37.3 Å². The average Bonchev–Trinajstić information content (AvgIpc) is 3.16. The number of aromatic nitrogens is 2. The van der Waals surface area contributed by atoms with Gasteiger partial charge in [-0.1, -0.05) is 0 Å². The molecule has 0 aliphatic carbocycles. The van der Waals surface area contributed by atoms with Crippen LogP contribution in [0.4, 0.5) is 0 Å². The molecule has 2 aliphatic rings. The van der Waals surface area contributed by atoms with E-state index in [0.717, 1.165) is 38.9 Å². The highest BCUT2D eigenvalue weighted by Crippen LogP contribution is 2.28. The summed E-state index contributed by atoms with van der Waals surface area (Å²) >= 11 is 0. The molecule has 0 radical (unpaired) electrons. The van der Waals surface area contributed by atoms with Gasteiger partial charge in [-0.25, -0.2) is 0 Å². The number of piperidine rings is 1. The van der Waals surface area contributed by atoms with Crippen molar-refractivity contribution in [1.29, 1.82) is 0 Å². The predicted molar refractivity (Wildman–Crippen MR) is 79.0 cm³/mol. The lowest BCUT2D eigenvalue weighted by Gasteiger charge is -2.34. The maximum atomic E-state index is 12.7. The number of nitrogens with zero attached hydrogens (tertiary/aromatic N) is 3. The molecule has 2 aliphatic heterocycles. The van der Waals surface area contributed by atoms with E-state index in [0.29, 0.717) is 5.92 Å². The Bertz CT molecular complexity index is 468. The van der Waals surface area contributed by atoms with Gasteiger partial charge in [0.15, 0.2) is 0 Å². The second kappa shape index (κ2) is 6.15. The smallest absolute Gasteiger partial charge is 0.240 e. The Morgan fingerprint density at radius 2 is 2.19 bits per heavy atom. The lowest BCUT2D eigenvalue weighted by atomic mass is 9.93. The molecule has 0 bridgehead atoms. The number of carbonyl (C=O) groups excluding carboxylic acids is 1. The van der Waals surface area contributed by atoms with Gasteiger partial charge in [0, 0.05) is 44.6 Å². The van der Waals surface area contributed by atoms with Crippen LogP contribution >= 0.6 is 0 Å². The molecule has 1 amide bonds. The number of rotatable bonds is 3. The van der Waals surface area contributed by atoms with E-state index in [4.69, 9.17) is 4.74 Å². The highest BCUT2D eigenvalue weighted by molar-refractivity contribution is 5.82. The number of hydrogen-bond donors (Lipinski definition) is 1. The first kappa shape index (κ1) is 14.5. The summed E-state index contributed by atoms with van der Waals surface area (Å²) in [7, 11) is 3.74. The van der Waals surface area contributed by atoms with Crippen LogP contribution in [0.2, 0.25) is 0 Å². The van der Waals surface area contributed by atoms with Crippen LogP contribution in [0.5, 0.6) is 0 Å². The molecule has 3 heterocycles. The SMILES string of the molecule is CO[C@H]1C[C@@H](C(=O)N2CCC(c3ccn[nH]3)CC2)N(C)C1. The van der Waals surface area contributed by atoms with Crippen molar-refractivity contribution >= 4 is 5.91 Å². The molecule has 21 heavy (non-hydrogen) atoms. The number of H-pyrrole nitrogens is 1. The zero-order chi connectivity index (χ0) is 14.8. The Kier molecular flexibility index (Phi) is 4.26. The van der Waals surface area contributed by atoms with Gasteiger partial charge in [0.2, 0.25) is 5.91 Å². The number of nitrogens with one attached hydrogen (secondary N) is 1. The second-order valence-electron chi connectivity index (χ2n) is 6.16. The number of likely N-dealkylation sites (tertiary alicyclic amines) is 2. The highest BCUT2D eigenvalue weighted by Gasteiger charge is 2.37. The molecule has 6 nitrogen and oxygen atoms in total. The summed E-state index contributed by atoms with van der Waals surface area (Å²) in [5.74, 6) is 0.768. The normalized spacial score (nSPS) is 28.2. The third-order valence-electron chi connectivity index (χ3n) is 4.90. The summed E-state index contributed by atoms with van der Waals surface area (Å²) < 4.78 is 5.39. The van der Waals surface area contributed by atoms with Crippen molar-refractivity contribution in [2.24, 2.45) is 0 Å². The van der Waals surface area contributed by atoms with E-state index in [1.165, 1.54) is 5.69 Å². The fraction of sp³-hybridized carbons (Fsp3) is 0.733. The molecule has 0 unspecified atom stereocenters. The largest absolute Gasteiger partial charge is 0.380 e. The van der Waals surface area contributed by atoms with Crippen molar-refractivity contribution in [3.05, 3.63) is 18.0 Å². The summed E-state index contributed by atoms with van der Waals surface area (Å²) in [6.07, 6.45) is 4.82. The lowest BCUT2D eigenvalue weighted by Crippen LogP contribution is -2.47. The second-order valence-corrected chi connectivity index (χ2v) is 6.16. The van der Waals surface area contributed by atoms with Crippen LogP contribution < -0.4 is 0 Å². The highest BCUT2D eigenvalue weighted by atomic mass is 16.5. The topological polar surface area (TPSA) is 61.5 Å². The third kappa shape index (κ3) is 2.96. The Morgan fingerprint density at radius 1 is 1.43 bits per heavy atom. The maximum Gasteiger partial charge on any atom is 0.240 e. The maximum absolute atomic E-state index is 12.7. The number of likely N-dealkylation sites (N-methyl/N-ethyl adjacent to an activating group) is 1. The molecule has 0 saturated carbocycles. The average molecular weight is 292 g/mol. The van der Waals surface area contributed by atoms with Crippen LogP contribution in [0.1, 0.15) is 30.9 Å². The number of ether oxygens (including phenoxy) is 1. The molecule has 1 N–H and O–H groups in total. The van der Waals surface area contributed by atoms with Crippen LogP contribution in [0.15, 0.2) is 12.3 Å². The number of aromatic amines is 1. The molecule has 2 fully saturated rings. The number of carbonyl (C=O) groups is 1. The van der Waals surface area contributed by atoms with Crippen LogP contribution in [0.25, 0.3) is 0 Å². The van der Waals surface area contributed by atoms with E-state index in [1.807, 2.05) is 18.0 Å². The van der Waals surface area contributed by atoms with E-state index in [9.17, 15) is 4.79 Å². The predicted octanol–water partition coefficient (Wildman–Crippen LogP) is 0.835. The minimum atomic E-state index is -0.0151. The van der Waals surface area contributed by atoms with Crippen molar-refractivity contribution in [2.75, 3.05) is 33.8 Å². The Hall–Kier alpha value is -1.40. The van der Waals surface area contributed by atoms with E-state index < -0.39 is 0 Å². The van der Waals surface area contributed by atoms with Crippen LogP contribution in [0, 0.1) is 0 Å². The van der Waals surface area contributed by atoms with Crippen LogP contribution in [-0.4, -0.2) is 71.8 Å². The molecule has 0 aromatic carbocycles. The third-order valence-corrected chi connectivity index (χ3v) is 4.90. The fourth-order valence-electron chi connectivity index (χ4n) is 3.53. The van der Waals surface area contributed by atoms with E-state index in [2.05, 4.69) is 15.1 Å². The minimum Gasteiger partial charge on any atom is -0.380 e. The number of amides is 1.